The van der Waals surface area contributed by atoms with Crippen LogP contribution in [-0.2, 0) is 4.79 Å². The maximum Gasteiger partial charge on any atom is 0.308 e. The molecular weight excluding hydrogens is 230 g/mol. The number of benzene rings is 1. The summed E-state index contributed by atoms with van der Waals surface area (Å²) in [6.07, 6.45) is 0. The number of methoxy groups -OCH3 is 1. The molecule has 0 aliphatic carbocycles. The van der Waals surface area contributed by atoms with Crippen molar-refractivity contribution in [1.82, 2.24) is 0 Å². The number of hydrogen-bond donors (Lipinski definition) is 2. The van der Waals surface area contributed by atoms with Gasteiger partial charge in [0.25, 0.3) is 0 Å². The molecule has 1 aromatic rings. The predicted octanol–water partition coefficient (Wildman–Crippen LogP) is 2.95. The van der Waals surface area contributed by atoms with Crippen molar-refractivity contribution in [2.24, 2.45) is 5.92 Å². The largest absolute Gasteiger partial charge is 0.496 e. The van der Waals surface area contributed by atoms with Crippen molar-refractivity contribution >= 4 is 11.7 Å². The molecule has 0 amide bonds. The molecule has 1 atom stereocenters. The Labute approximate surface area is 108 Å². The number of rotatable bonds is 6. The molecule has 0 heterocycles. The van der Waals surface area contributed by atoms with E-state index in [2.05, 4.69) is 19.2 Å². The molecule has 0 aliphatic heterocycles. The molecule has 0 aliphatic rings. The van der Waals surface area contributed by atoms with Gasteiger partial charge in [-0.1, -0.05) is 20.8 Å². The Morgan fingerprint density at radius 1 is 1.39 bits per heavy atom. The highest BCUT2D eigenvalue weighted by Crippen LogP contribution is 2.29. The van der Waals surface area contributed by atoms with Crippen LogP contribution < -0.4 is 10.1 Å². The minimum atomic E-state index is -0.792. The van der Waals surface area contributed by atoms with E-state index < -0.39 is 11.9 Å². The van der Waals surface area contributed by atoms with Crippen molar-refractivity contribution in [3.8, 4) is 5.75 Å². The molecule has 2 N–H and O–H groups in total. The number of nitrogens with one attached hydrogen (secondary N) is 1. The maximum absolute atomic E-state index is 10.7. The molecular formula is C14H21NO3. The van der Waals surface area contributed by atoms with E-state index in [-0.39, 0.29) is 0 Å². The van der Waals surface area contributed by atoms with Crippen LogP contribution in [-0.4, -0.2) is 24.7 Å². The summed E-state index contributed by atoms with van der Waals surface area (Å²) in [6.45, 7) is 6.30. The van der Waals surface area contributed by atoms with Gasteiger partial charge in [0.1, 0.15) is 5.75 Å². The summed E-state index contributed by atoms with van der Waals surface area (Å²) in [5.74, 6) is 0.0233. The second-order valence-electron chi connectivity index (χ2n) is 4.73. The predicted molar refractivity (Wildman–Crippen MR) is 72.4 cm³/mol. The molecule has 18 heavy (non-hydrogen) atoms. The van der Waals surface area contributed by atoms with E-state index in [9.17, 15) is 4.79 Å². The molecule has 1 aromatic carbocycles. The fourth-order valence-corrected chi connectivity index (χ4v) is 1.65. The topological polar surface area (TPSA) is 58.6 Å². The monoisotopic (exact) mass is 251 g/mol. The molecule has 0 fully saturated rings. The van der Waals surface area contributed by atoms with Crippen LogP contribution in [0.25, 0.3) is 0 Å². The fourth-order valence-electron chi connectivity index (χ4n) is 1.65. The minimum absolute atomic E-state index is 0.360. The second kappa shape index (κ2) is 6.28. The zero-order valence-electron chi connectivity index (χ0n) is 11.4. The molecule has 1 unspecified atom stereocenters. The lowest BCUT2D eigenvalue weighted by Crippen LogP contribution is -2.19. The van der Waals surface area contributed by atoms with Crippen molar-refractivity contribution in [3.05, 3.63) is 23.8 Å². The van der Waals surface area contributed by atoms with E-state index in [0.717, 1.165) is 17.0 Å². The van der Waals surface area contributed by atoms with Crippen molar-refractivity contribution in [1.29, 1.82) is 0 Å². The van der Waals surface area contributed by atoms with Gasteiger partial charge in [-0.2, -0.15) is 0 Å². The van der Waals surface area contributed by atoms with Crippen molar-refractivity contribution in [3.63, 3.8) is 0 Å². The molecule has 0 spiro atoms. The number of ether oxygens (including phenoxy) is 1. The summed E-state index contributed by atoms with van der Waals surface area (Å²) in [5.41, 5.74) is 2.04. The molecule has 4 nitrogen and oxygen atoms in total. The SMILES string of the molecule is COc1ccc(NCC(C)C(=O)O)cc1C(C)C. The van der Waals surface area contributed by atoms with Crippen LogP contribution in [0.1, 0.15) is 32.3 Å². The first-order valence-electron chi connectivity index (χ1n) is 6.10. The third-order valence-corrected chi connectivity index (χ3v) is 2.89. The zero-order valence-corrected chi connectivity index (χ0v) is 11.4. The summed E-state index contributed by atoms with van der Waals surface area (Å²) in [5, 5.41) is 12.0. The number of aliphatic carboxylic acids is 1. The van der Waals surface area contributed by atoms with Gasteiger partial charge in [0.05, 0.1) is 13.0 Å². The number of carboxylic acids is 1. The van der Waals surface area contributed by atoms with Crippen molar-refractivity contribution in [2.45, 2.75) is 26.7 Å². The normalized spacial score (nSPS) is 12.3. The first kappa shape index (κ1) is 14.4. The molecule has 0 bridgehead atoms. The van der Waals surface area contributed by atoms with Crippen molar-refractivity contribution < 1.29 is 14.6 Å². The lowest BCUT2D eigenvalue weighted by atomic mass is 10.0. The van der Waals surface area contributed by atoms with E-state index in [0.29, 0.717) is 12.5 Å². The number of carboxylic acid groups (broad SMARTS) is 1. The molecule has 0 radical (unpaired) electrons. The van der Waals surface area contributed by atoms with Gasteiger partial charge in [-0.05, 0) is 29.7 Å². The summed E-state index contributed by atoms with van der Waals surface area (Å²) in [6, 6.07) is 5.82. The van der Waals surface area contributed by atoms with Gasteiger partial charge in [-0.3, -0.25) is 4.79 Å². The van der Waals surface area contributed by atoms with Gasteiger partial charge in [-0.15, -0.1) is 0 Å². The van der Waals surface area contributed by atoms with Gasteiger partial charge in [0, 0.05) is 12.2 Å². The van der Waals surface area contributed by atoms with Crippen LogP contribution in [0.15, 0.2) is 18.2 Å². The quantitative estimate of drug-likeness (QED) is 0.816. The van der Waals surface area contributed by atoms with Crippen LogP contribution >= 0.6 is 0 Å². The van der Waals surface area contributed by atoms with Crippen LogP contribution in [0.4, 0.5) is 5.69 Å². The summed E-state index contributed by atoms with van der Waals surface area (Å²) in [4.78, 5) is 10.7. The van der Waals surface area contributed by atoms with Crippen LogP contribution in [0.5, 0.6) is 5.75 Å². The Balaban J connectivity index is 2.79. The molecule has 0 saturated heterocycles. The highest BCUT2D eigenvalue weighted by atomic mass is 16.5. The minimum Gasteiger partial charge on any atom is -0.496 e. The van der Waals surface area contributed by atoms with Crippen LogP contribution in [0, 0.1) is 5.92 Å². The smallest absolute Gasteiger partial charge is 0.308 e. The third-order valence-electron chi connectivity index (χ3n) is 2.89. The standard InChI is InChI=1S/C14H21NO3/c1-9(2)12-7-11(5-6-13(12)18-4)15-8-10(3)14(16)17/h5-7,9-10,15H,8H2,1-4H3,(H,16,17). The zero-order chi connectivity index (χ0) is 13.7. The molecule has 0 saturated carbocycles. The molecule has 100 valence electrons. The van der Waals surface area contributed by atoms with Gasteiger partial charge < -0.3 is 15.2 Å². The Kier molecular flexibility index (Phi) is 5.01. The average molecular weight is 251 g/mol. The first-order valence-corrected chi connectivity index (χ1v) is 6.10. The fraction of sp³-hybridized carbons (Fsp3) is 0.500. The Bertz CT molecular complexity index is 416. The summed E-state index contributed by atoms with van der Waals surface area (Å²) < 4.78 is 5.30. The molecule has 4 heteroatoms. The van der Waals surface area contributed by atoms with Gasteiger partial charge >= 0.3 is 5.97 Å². The van der Waals surface area contributed by atoms with Crippen molar-refractivity contribution in [2.75, 3.05) is 19.0 Å². The maximum atomic E-state index is 10.7. The lowest BCUT2D eigenvalue weighted by molar-refractivity contribution is -0.140. The second-order valence-corrected chi connectivity index (χ2v) is 4.73. The number of anilines is 1. The van der Waals surface area contributed by atoms with Gasteiger partial charge in [0.15, 0.2) is 0 Å². The Morgan fingerprint density at radius 2 is 2.06 bits per heavy atom. The third kappa shape index (κ3) is 3.65. The Morgan fingerprint density at radius 3 is 2.56 bits per heavy atom. The summed E-state index contributed by atoms with van der Waals surface area (Å²) >= 11 is 0. The van der Waals surface area contributed by atoms with E-state index in [4.69, 9.17) is 9.84 Å². The average Bonchev–Trinajstić information content (AvgIpc) is 2.35. The number of hydrogen-bond acceptors (Lipinski definition) is 3. The molecule has 0 aromatic heterocycles. The Hall–Kier alpha value is -1.71. The molecule has 1 rings (SSSR count). The first-order chi connectivity index (χ1) is 8.45. The highest BCUT2D eigenvalue weighted by Gasteiger charge is 2.12. The van der Waals surface area contributed by atoms with E-state index >= 15 is 0 Å². The number of carbonyl (C=O) groups is 1. The summed E-state index contributed by atoms with van der Waals surface area (Å²) in [7, 11) is 1.65. The van der Waals surface area contributed by atoms with Gasteiger partial charge in [0.2, 0.25) is 0 Å². The van der Waals surface area contributed by atoms with Gasteiger partial charge in [-0.25, -0.2) is 0 Å². The highest BCUT2D eigenvalue weighted by molar-refractivity contribution is 5.70. The van der Waals surface area contributed by atoms with Crippen LogP contribution in [0.3, 0.4) is 0 Å². The van der Waals surface area contributed by atoms with E-state index in [1.807, 2.05) is 18.2 Å². The van der Waals surface area contributed by atoms with E-state index in [1.54, 1.807) is 14.0 Å². The van der Waals surface area contributed by atoms with E-state index in [1.165, 1.54) is 0 Å². The lowest BCUT2D eigenvalue weighted by Gasteiger charge is -2.15. The van der Waals surface area contributed by atoms with Crippen LogP contribution in [0.2, 0.25) is 0 Å².